The van der Waals surface area contributed by atoms with E-state index in [0.29, 0.717) is 5.56 Å². The molecule has 0 aromatic heterocycles. The van der Waals surface area contributed by atoms with Crippen LogP contribution in [0.3, 0.4) is 0 Å². The van der Waals surface area contributed by atoms with Crippen molar-refractivity contribution in [1.82, 2.24) is 0 Å². The van der Waals surface area contributed by atoms with Crippen LogP contribution in [0.5, 0.6) is 0 Å². The molecule has 1 rings (SSSR count). The Morgan fingerprint density at radius 1 is 1.21 bits per heavy atom. The molecule has 1 aromatic carbocycles. The summed E-state index contributed by atoms with van der Waals surface area (Å²) >= 11 is 0. The lowest BCUT2D eigenvalue weighted by molar-refractivity contribution is 0.0524. The van der Waals surface area contributed by atoms with Gasteiger partial charge < -0.3 is 10.2 Å². The summed E-state index contributed by atoms with van der Waals surface area (Å²) in [5.74, 6) is -0.0461. The summed E-state index contributed by atoms with van der Waals surface area (Å²) in [5, 5.41) is 0. The van der Waals surface area contributed by atoms with Crippen LogP contribution in [0, 0.1) is 5.41 Å². The van der Waals surface area contributed by atoms with Gasteiger partial charge in [-0.1, -0.05) is 51.1 Å². The molecular formula is C15H25NO2Si. The minimum absolute atomic E-state index is 0.0461. The van der Waals surface area contributed by atoms with Gasteiger partial charge in [0.25, 0.3) is 0 Å². The molecule has 0 saturated carbocycles. The highest BCUT2D eigenvalue weighted by molar-refractivity contribution is 6.48. The Labute approximate surface area is 117 Å². The van der Waals surface area contributed by atoms with E-state index in [1.807, 2.05) is 18.2 Å². The number of carbonyl (C=O) groups is 1. The first-order valence-corrected chi connectivity index (χ1v) is 9.52. The zero-order valence-electron chi connectivity index (χ0n) is 12.5. The van der Waals surface area contributed by atoms with Crippen molar-refractivity contribution < 1.29 is 9.22 Å². The van der Waals surface area contributed by atoms with Gasteiger partial charge in [-0.05, 0) is 18.5 Å². The molecule has 0 heterocycles. The molecule has 3 nitrogen and oxygen atoms in total. The number of hydrogen-bond acceptors (Lipinski definition) is 3. The van der Waals surface area contributed by atoms with E-state index in [4.69, 9.17) is 10.2 Å². The van der Waals surface area contributed by atoms with E-state index in [-0.39, 0.29) is 17.3 Å². The third kappa shape index (κ3) is 4.56. The molecule has 1 aromatic rings. The summed E-state index contributed by atoms with van der Waals surface area (Å²) in [4.78, 5) is 12.4. The molecule has 0 aliphatic carbocycles. The zero-order chi connectivity index (χ0) is 14.6. The van der Waals surface area contributed by atoms with Crippen LogP contribution in [0.4, 0.5) is 0 Å². The fraction of sp³-hybridized carbons (Fsp3) is 0.533. The summed E-state index contributed by atoms with van der Waals surface area (Å²) in [6.07, 6.45) is -0.244. The molecule has 0 aliphatic heterocycles. The van der Waals surface area contributed by atoms with Crippen LogP contribution in [-0.2, 0) is 4.43 Å². The molecule has 0 amide bonds. The predicted octanol–water partition coefficient (Wildman–Crippen LogP) is 2.61. The molecule has 0 saturated heterocycles. The van der Waals surface area contributed by atoms with Crippen molar-refractivity contribution in [3.05, 3.63) is 35.9 Å². The van der Waals surface area contributed by atoms with Crippen molar-refractivity contribution in [1.29, 1.82) is 0 Å². The minimum atomic E-state index is -1.25. The lowest BCUT2D eigenvalue weighted by Gasteiger charge is -2.36. The average Bonchev–Trinajstić information content (AvgIpc) is 2.34. The largest absolute Gasteiger partial charge is 0.415 e. The Kier molecular flexibility index (Phi) is 5.46. The quantitative estimate of drug-likeness (QED) is 0.666. The highest BCUT2D eigenvalue weighted by Crippen LogP contribution is 2.26. The Morgan fingerprint density at radius 2 is 1.74 bits per heavy atom. The molecule has 0 spiro atoms. The van der Waals surface area contributed by atoms with Gasteiger partial charge in [-0.3, -0.25) is 4.79 Å². The second-order valence-corrected chi connectivity index (χ2v) is 8.60. The van der Waals surface area contributed by atoms with E-state index >= 15 is 0 Å². The van der Waals surface area contributed by atoms with Crippen molar-refractivity contribution in [3.8, 4) is 0 Å². The minimum Gasteiger partial charge on any atom is -0.415 e. The fourth-order valence-electron chi connectivity index (χ4n) is 2.05. The van der Waals surface area contributed by atoms with Gasteiger partial charge in [0, 0.05) is 5.56 Å². The third-order valence-corrected chi connectivity index (χ3v) is 3.80. The number of hydrogen-bond donors (Lipinski definition) is 1. The number of benzene rings is 1. The van der Waals surface area contributed by atoms with Crippen molar-refractivity contribution in [3.63, 3.8) is 0 Å². The first-order valence-electron chi connectivity index (χ1n) is 6.73. The second kappa shape index (κ2) is 6.46. The molecule has 2 N–H and O–H groups in total. The Hall–Kier alpha value is -0.973. The molecule has 106 valence electrons. The Balaban J connectivity index is 2.94. The summed E-state index contributed by atoms with van der Waals surface area (Å²) < 4.78 is 6.01. The standard InChI is InChI=1S/C15H25NO2Si/c1-15(2,3)14(18-19(4)5)12(16)13(17)11-9-7-6-8-10-11/h6-10,12,14,19H,16H2,1-5H3/t12-,14?/m1/s1. The summed E-state index contributed by atoms with van der Waals surface area (Å²) in [5.41, 5.74) is 6.68. The monoisotopic (exact) mass is 279 g/mol. The van der Waals surface area contributed by atoms with Gasteiger partial charge in [0.15, 0.2) is 14.8 Å². The molecule has 1 unspecified atom stereocenters. The van der Waals surface area contributed by atoms with Crippen LogP contribution >= 0.6 is 0 Å². The van der Waals surface area contributed by atoms with Crippen molar-refractivity contribution in [2.75, 3.05) is 0 Å². The van der Waals surface area contributed by atoms with Crippen molar-refractivity contribution in [2.24, 2.45) is 11.1 Å². The Bertz CT molecular complexity index is 412. The Morgan fingerprint density at radius 3 is 2.16 bits per heavy atom. The molecule has 2 atom stereocenters. The average molecular weight is 279 g/mol. The van der Waals surface area contributed by atoms with Gasteiger partial charge in [-0.15, -0.1) is 0 Å². The van der Waals surface area contributed by atoms with E-state index in [1.54, 1.807) is 12.1 Å². The van der Waals surface area contributed by atoms with E-state index in [2.05, 4.69) is 33.9 Å². The van der Waals surface area contributed by atoms with Gasteiger partial charge in [-0.25, -0.2) is 0 Å². The van der Waals surface area contributed by atoms with Crippen LogP contribution in [0.15, 0.2) is 30.3 Å². The number of nitrogens with two attached hydrogens (primary N) is 1. The molecule has 0 aliphatic rings. The summed E-state index contributed by atoms with van der Waals surface area (Å²) in [6, 6.07) is 8.58. The smallest absolute Gasteiger partial charge is 0.182 e. The number of carbonyl (C=O) groups excluding carboxylic acids is 1. The highest BCUT2D eigenvalue weighted by Gasteiger charge is 2.35. The van der Waals surface area contributed by atoms with Crippen LogP contribution in [-0.4, -0.2) is 27.0 Å². The maximum atomic E-state index is 12.4. The van der Waals surface area contributed by atoms with Crippen LogP contribution in [0.2, 0.25) is 13.1 Å². The number of Topliss-reactive ketones (excluding diaryl/α,β-unsaturated/α-hetero) is 1. The van der Waals surface area contributed by atoms with Crippen molar-refractivity contribution in [2.45, 2.75) is 46.0 Å². The van der Waals surface area contributed by atoms with Gasteiger partial charge >= 0.3 is 0 Å². The lowest BCUT2D eigenvalue weighted by Crippen LogP contribution is -2.51. The first-order chi connectivity index (χ1) is 8.73. The van der Waals surface area contributed by atoms with E-state index < -0.39 is 15.1 Å². The third-order valence-electron chi connectivity index (χ3n) is 2.96. The molecule has 0 bridgehead atoms. The van der Waals surface area contributed by atoms with E-state index in [1.165, 1.54) is 0 Å². The molecular weight excluding hydrogens is 254 g/mol. The van der Waals surface area contributed by atoms with Crippen LogP contribution < -0.4 is 5.73 Å². The zero-order valence-corrected chi connectivity index (χ0v) is 13.7. The van der Waals surface area contributed by atoms with Gasteiger partial charge in [0.05, 0.1) is 12.1 Å². The number of rotatable bonds is 5. The van der Waals surface area contributed by atoms with Crippen molar-refractivity contribution >= 4 is 14.8 Å². The van der Waals surface area contributed by atoms with Crippen LogP contribution in [0.25, 0.3) is 0 Å². The maximum absolute atomic E-state index is 12.4. The normalized spacial score (nSPS) is 15.3. The highest BCUT2D eigenvalue weighted by atomic mass is 28.3. The number of ketones is 1. The second-order valence-electron chi connectivity index (χ2n) is 6.23. The first kappa shape index (κ1) is 16.1. The summed E-state index contributed by atoms with van der Waals surface area (Å²) in [6.45, 7) is 10.4. The maximum Gasteiger partial charge on any atom is 0.182 e. The lowest BCUT2D eigenvalue weighted by atomic mass is 9.82. The topological polar surface area (TPSA) is 52.3 Å². The van der Waals surface area contributed by atoms with Gasteiger partial charge in [0.2, 0.25) is 0 Å². The molecule has 4 heteroatoms. The van der Waals surface area contributed by atoms with E-state index in [9.17, 15) is 4.79 Å². The fourth-order valence-corrected chi connectivity index (χ4v) is 3.22. The molecule has 0 fully saturated rings. The predicted molar refractivity (Wildman–Crippen MR) is 82.0 cm³/mol. The SMILES string of the molecule is C[SiH](C)OC([C@H](N)C(=O)c1ccccc1)C(C)(C)C. The van der Waals surface area contributed by atoms with Crippen LogP contribution in [0.1, 0.15) is 31.1 Å². The molecule has 0 radical (unpaired) electrons. The summed E-state index contributed by atoms with van der Waals surface area (Å²) in [7, 11) is -1.25. The van der Waals surface area contributed by atoms with Gasteiger partial charge in [-0.2, -0.15) is 0 Å². The van der Waals surface area contributed by atoms with E-state index in [0.717, 1.165) is 0 Å². The van der Waals surface area contributed by atoms with Gasteiger partial charge in [0.1, 0.15) is 0 Å². The molecule has 19 heavy (non-hydrogen) atoms.